The first-order chi connectivity index (χ1) is 15.1. The first-order valence-electron chi connectivity index (χ1n) is 10.9. The molecule has 32 heavy (non-hydrogen) atoms. The third kappa shape index (κ3) is 9.12. The van der Waals surface area contributed by atoms with Crippen molar-refractivity contribution >= 4 is 35.6 Å². The van der Waals surface area contributed by atoms with Crippen molar-refractivity contribution in [3.63, 3.8) is 0 Å². The number of halogens is 1. The van der Waals surface area contributed by atoms with Crippen molar-refractivity contribution in [3.8, 4) is 11.5 Å². The van der Waals surface area contributed by atoms with Crippen molar-refractivity contribution in [1.29, 1.82) is 0 Å². The number of methoxy groups -OCH3 is 1. The van der Waals surface area contributed by atoms with E-state index in [0.717, 1.165) is 37.7 Å². The Morgan fingerprint density at radius 1 is 1.09 bits per heavy atom. The van der Waals surface area contributed by atoms with Crippen LogP contribution in [0.5, 0.6) is 11.5 Å². The first-order valence-corrected chi connectivity index (χ1v) is 10.9. The lowest BCUT2D eigenvalue weighted by Crippen LogP contribution is -2.41. The van der Waals surface area contributed by atoms with E-state index in [4.69, 9.17) is 19.6 Å². The predicted octanol–water partition coefficient (Wildman–Crippen LogP) is 3.57. The molecule has 0 aliphatic heterocycles. The van der Waals surface area contributed by atoms with Crippen molar-refractivity contribution < 1.29 is 14.6 Å². The van der Waals surface area contributed by atoms with E-state index in [-0.39, 0.29) is 37.2 Å². The van der Waals surface area contributed by atoms with Crippen molar-refractivity contribution in [3.05, 3.63) is 53.6 Å². The predicted molar refractivity (Wildman–Crippen MR) is 143 cm³/mol. The van der Waals surface area contributed by atoms with Crippen LogP contribution in [-0.2, 0) is 6.54 Å². The first kappa shape index (κ1) is 27.8. The molecule has 0 aliphatic rings. The van der Waals surface area contributed by atoms with Crippen molar-refractivity contribution in [2.24, 2.45) is 4.99 Å². The molecule has 0 saturated carbocycles. The highest BCUT2D eigenvalue weighted by Crippen LogP contribution is 2.28. The Bertz CT molecular complexity index is 833. The number of guanidine groups is 1. The highest BCUT2D eigenvalue weighted by Gasteiger charge is 2.07. The topological polar surface area (TPSA) is 78.4 Å². The normalized spacial score (nSPS) is 10.8. The lowest BCUT2D eigenvalue weighted by Gasteiger charge is -2.24. The van der Waals surface area contributed by atoms with Gasteiger partial charge in [-0.3, -0.25) is 0 Å². The molecule has 2 rings (SSSR count). The van der Waals surface area contributed by atoms with E-state index >= 15 is 0 Å². The zero-order valence-corrected chi connectivity index (χ0v) is 21.9. The molecule has 0 saturated heterocycles. The number of aryl methyl sites for hydroxylation is 1. The van der Waals surface area contributed by atoms with E-state index in [0.29, 0.717) is 18.0 Å². The van der Waals surface area contributed by atoms with Crippen LogP contribution in [0.1, 0.15) is 25.0 Å². The molecule has 2 aromatic carbocycles. The number of nitrogens with zero attached hydrogens (tertiary/aromatic N) is 2. The smallest absolute Gasteiger partial charge is 0.191 e. The second kappa shape index (κ2) is 15.6. The van der Waals surface area contributed by atoms with Crippen LogP contribution >= 0.6 is 24.0 Å². The molecule has 3 N–H and O–H groups in total. The Morgan fingerprint density at radius 2 is 1.91 bits per heavy atom. The maximum absolute atomic E-state index is 8.94. The fourth-order valence-electron chi connectivity index (χ4n) is 3.20. The Morgan fingerprint density at radius 3 is 2.56 bits per heavy atom. The van der Waals surface area contributed by atoms with E-state index in [1.807, 2.05) is 18.2 Å². The number of aliphatic hydroxyl groups excluding tert-OH is 1. The third-order valence-corrected chi connectivity index (χ3v) is 4.76. The minimum absolute atomic E-state index is 0. The number of hydrogen-bond acceptors (Lipinski definition) is 5. The van der Waals surface area contributed by atoms with E-state index in [1.54, 1.807) is 7.11 Å². The van der Waals surface area contributed by atoms with Gasteiger partial charge in [0, 0.05) is 31.9 Å². The van der Waals surface area contributed by atoms with Crippen molar-refractivity contribution in [2.45, 2.75) is 27.3 Å². The number of rotatable bonds is 12. The van der Waals surface area contributed by atoms with Gasteiger partial charge in [0.05, 0.1) is 20.3 Å². The highest BCUT2D eigenvalue weighted by molar-refractivity contribution is 14.0. The standard InChI is InChI=1S/C24H36N4O3.HI/c1-5-25-24(26-12-13-28(6-2)21-9-7-8-19(3)16-21)27-18-20-10-11-22(31-15-14-29)23(17-20)30-4;/h7-11,16-17,29H,5-6,12-15,18H2,1-4H3,(H2,25,26,27);1H. The molecular formula is C24H37IN4O3. The molecule has 2 aromatic rings. The number of anilines is 1. The van der Waals surface area contributed by atoms with Crippen LogP contribution in [0, 0.1) is 6.92 Å². The molecule has 0 spiro atoms. The zero-order valence-electron chi connectivity index (χ0n) is 19.6. The number of nitrogens with one attached hydrogen (secondary N) is 2. The van der Waals surface area contributed by atoms with Crippen LogP contribution in [0.15, 0.2) is 47.5 Å². The molecule has 8 heteroatoms. The highest BCUT2D eigenvalue weighted by atomic mass is 127. The lowest BCUT2D eigenvalue weighted by atomic mass is 10.2. The molecule has 178 valence electrons. The van der Waals surface area contributed by atoms with E-state index in [9.17, 15) is 0 Å². The van der Waals surface area contributed by atoms with Gasteiger partial charge in [0.25, 0.3) is 0 Å². The zero-order chi connectivity index (χ0) is 22.5. The monoisotopic (exact) mass is 556 g/mol. The van der Waals surface area contributed by atoms with Gasteiger partial charge in [-0.05, 0) is 56.2 Å². The fourth-order valence-corrected chi connectivity index (χ4v) is 3.20. The van der Waals surface area contributed by atoms with Gasteiger partial charge >= 0.3 is 0 Å². The summed E-state index contributed by atoms with van der Waals surface area (Å²) in [6.45, 7) is 10.5. The molecule has 0 unspecified atom stereocenters. The van der Waals surface area contributed by atoms with Crippen LogP contribution < -0.4 is 25.0 Å². The summed E-state index contributed by atoms with van der Waals surface area (Å²) in [7, 11) is 1.60. The number of aliphatic imine (C=N–C) groups is 1. The number of benzene rings is 2. The van der Waals surface area contributed by atoms with Crippen LogP contribution in [-0.4, -0.2) is 57.6 Å². The van der Waals surface area contributed by atoms with Crippen molar-refractivity contribution in [1.82, 2.24) is 10.6 Å². The number of ether oxygens (including phenoxy) is 2. The summed E-state index contributed by atoms with van der Waals surface area (Å²) >= 11 is 0. The summed E-state index contributed by atoms with van der Waals surface area (Å²) in [5.41, 5.74) is 3.52. The van der Waals surface area contributed by atoms with Gasteiger partial charge < -0.3 is 30.1 Å². The fraction of sp³-hybridized carbons (Fsp3) is 0.458. The summed E-state index contributed by atoms with van der Waals surface area (Å²) < 4.78 is 10.9. The van der Waals surface area contributed by atoms with Crippen LogP contribution in [0.3, 0.4) is 0 Å². The maximum atomic E-state index is 8.94. The van der Waals surface area contributed by atoms with Gasteiger partial charge in [-0.15, -0.1) is 24.0 Å². The molecule has 0 aromatic heterocycles. The second-order valence-electron chi connectivity index (χ2n) is 7.10. The number of likely N-dealkylation sites (N-methyl/N-ethyl adjacent to an activating group) is 1. The SMILES string of the molecule is CCNC(=NCc1ccc(OCCO)c(OC)c1)NCCN(CC)c1cccc(C)c1.I. The average molecular weight is 556 g/mol. The largest absolute Gasteiger partial charge is 0.493 e. The maximum Gasteiger partial charge on any atom is 0.191 e. The third-order valence-electron chi connectivity index (χ3n) is 4.76. The van der Waals surface area contributed by atoms with Gasteiger partial charge in [0.2, 0.25) is 0 Å². The molecule has 0 aliphatic carbocycles. The van der Waals surface area contributed by atoms with Gasteiger partial charge in [-0.2, -0.15) is 0 Å². The minimum atomic E-state index is -0.0355. The average Bonchev–Trinajstić information content (AvgIpc) is 2.79. The molecule has 0 bridgehead atoms. The quantitative estimate of drug-likeness (QED) is 0.211. The molecule has 0 atom stereocenters. The Kier molecular flexibility index (Phi) is 13.5. The lowest BCUT2D eigenvalue weighted by molar-refractivity contribution is 0.196. The summed E-state index contributed by atoms with van der Waals surface area (Å²) in [5.74, 6) is 2.03. The molecule has 0 heterocycles. The summed E-state index contributed by atoms with van der Waals surface area (Å²) in [6, 6.07) is 14.3. The van der Waals surface area contributed by atoms with Crippen molar-refractivity contribution in [2.75, 3.05) is 51.4 Å². The van der Waals surface area contributed by atoms with Crippen LogP contribution in [0.2, 0.25) is 0 Å². The number of hydrogen-bond donors (Lipinski definition) is 3. The minimum Gasteiger partial charge on any atom is -0.493 e. The van der Waals surface area contributed by atoms with Gasteiger partial charge in [-0.1, -0.05) is 18.2 Å². The second-order valence-corrected chi connectivity index (χ2v) is 7.10. The Hall–Kier alpha value is -2.20. The summed E-state index contributed by atoms with van der Waals surface area (Å²) in [4.78, 5) is 7.05. The van der Waals surface area contributed by atoms with Gasteiger partial charge in [0.1, 0.15) is 6.61 Å². The molecule has 0 amide bonds. The molecule has 7 nitrogen and oxygen atoms in total. The summed E-state index contributed by atoms with van der Waals surface area (Å²) in [5, 5.41) is 15.7. The van der Waals surface area contributed by atoms with E-state index in [2.05, 4.69) is 60.6 Å². The Balaban J connectivity index is 0.00000512. The molecule has 0 fully saturated rings. The summed E-state index contributed by atoms with van der Waals surface area (Å²) in [6.07, 6.45) is 0. The number of aliphatic hydroxyl groups is 1. The molecule has 0 radical (unpaired) electrons. The molecular weight excluding hydrogens is 519 g/mol. The Labute approximate surface area is 209 Å². The van der Waals surface area contributed by atoms with Crippen LogP contribution in [0.4, 0.5) is 5.69 Å². The van der Waals surface area contributed by atoms with Gasteiger partial charge in [0.15, 0.2) is 17.5 Å². The van der Waals surface area contributed by atoms with Crippen LogP contribution in [0.25, 0.3) is 0 Å². The van der Waals surface area contributed by atoms with Gasteiger partial charge in [-0.25, -0.2) is 4.99 Å². The van der Waals surface area contributed by atoms with E-state index in [1.165, 1.54) is 11.3 Å². The van der Waals surface area contributed by atoms with E-state index < -0.39 is 0 Å².